The third-order valence-electron chi connectivity index (χ3n) is 4.45. The van der Waals surface area contributed by atoms with Gasteiger partial charge in [-0.1, -0.05) is 19.1 Å². The third-order valence-corrected chi connectivity index (χ3v) is 4.45. The average Bonchev–Trinajstić information content (AvgIpc) is 3.16. The van der Waals surface area contributed by atoms with E-state index in [2.05, 4.69) is 56.5 Å². The van der Waals surface area contributed by atoms with E-state index in [1.807, 2.05) is 6.07 Å². The lowest BCUT2D eigenvalue weighted by atomic mass is 10.2. The lowest BCUT2D eigenvalue weighted by Gasteiger charge is -2.28. The van der Waals surface area contributed by atoms with Gasteiger partial charge in [-0.25, -0.2) is 4.98 Å². The van der Waals surface area contributed by atoms with Gasteiger partial charge in [0.15, 0.2) is 0 Å². The predicted molar refractivity (Wildman–Crippen MR) is 97.0 cm³/mol. The molecule has 0 bridgehead atoms. The number of fused-ring (bicyclic) bond motifs is 1. The number of hydrogen-bond donors (Lipinski definition) is 1. The highest BCUT2D eigenvalue weighted by atomic mass is 16.5. The van der Waals surface area contributed by atoms with Crippen molar-refractivity contribution < 1.29 is 4.74 Å². The van der Waals surface area contributed by atoms with Crippen LogP contribution in [0.25, 0.3) is 5.78 Å². The molecule has 7 nitrogen and oxygen atoms in total. The van der Waals surface area contributed by atoms with Crippen molar-refractivity contribution in [2.45, 2.75) is 19.9 Å². The van der Waals surface area contributed by atoms with E-state index in [1.165, 1.54) is 17.6 Å². The highest BCUT2D eigenvalue weighted by molar-refractivity contribution is 5.49. The fourth-order valence-electron chi connectivity index (χ4n) is 3.01. The molecule has 3 heterocycles. The zero-order chi connectivity index (χ0) is 17.1. The Bertz CT molecular complexity index is 838. The fraction of sp³-hybridized carbons (Fsp3) is 0.389. The van der Waals surface area contributed by atoms with Gasteiger partial charge in [0.1, 0.15) is 12.1 Å². The van der Waals surface area contributed by atoms with Crippen molar-refractivity contribution in [2.24, 2.45) is 0 Å². The summed E-state index contributed by atoms with van der Waals surface area (Å²) in [6, 6.07) is 10.7. The summed E-state index contributed by atoms with van der Waals surface area (Å²) in [5.41, 5.74) is 3.48. The van der Waals surface area contributed by atoms with E-state index in [0.29, 0.717) is 5.78 Å². The first-order chi connectivity index (χ1) is 12.3. The molecule has 1 aliphatic heterocycles. The first kappa shape index (κ1) is 15.8. The fourth-order valence-corrected chi connectivity index (χ4v) is 3.01. The molecule has 0 unspecified atom stereocenters. The van der Waals surface area contributed by atoms with Crippen molar-refractivity contribution in [3.05, 3.63) is 47.9 Å². The number of rotatable bonds is 5. The van der Waals surface area contributed by atoms with Crippen LogP contribution in [-0.2, 0) is 17.7 Å². The van der Waals surface area contributed by atoms with Gasteiger partial charge in [-0.05, 0) is 24.1 Å². The molecule has 0 radical (unpaired) electrons. The lowest BCUT2D eigenvalue weighted by Crippen LogP contribution is -2.36. The Hall–Kier alpha value is -2.67. The predicted octanol–water partition coefficient (Wildman–Crippen LogP) is 2.14. The van der Waals surface area contributed by atoms with E-state index >= 15 is 0 Å². The summed E-state index contributed by atoms with van der Waals surface area (Å²) in [7, 11) is 0. The molecule has 3 aromatic rings. The van der Waals surface area contributed by atoms with Gasteiger partial charge < -0.3 is 15.0 Å². The summed E-state index contributed by atoms with van der Waals surface area (Å²) in [6.45, 7) is 6.34. The molecular weight excluding hydrogens is 316 g/mol. The minimum absolute atomic E-state index is 0.629. The first-order valence-electron chi connectivity index (χ1n) is 8.68. The Labute approximate surface area is 146 Å². The molecule has 0 saturated carbocycles. The number of hydrogen-bond acceptors (Lipinski definition) is 6. The van der Waals surface area contributed by atoms with Gasteiger partial charge in [0.2, 0.25) is 0 Å². The van der Waals surface area contributed by atoms with Crippen LogP contribution in [0.4, 0.5) is 11.5 Å². The zero-order valence-electron chi connectivity index (χ0n) is 14.4. The maximum atomic E-state index is 5.41. The maximum absolute atomic E-state index is 5.41. The van der Waals surface area contributed by atoms with Gasteiger partial charge in [0.05, 0.1) is 13.2 Å². The van der Waals surface area contributed by atoms with E-state index < -0.39 is 0 Å². The highest BCUT2D eigenvalue weighted by Crippen LogP contribution is 2.18. The van der Waals surface area contributed by atoms with Gasteiger partial charge in [-0.3, -0.25) is 0 Å². The Morgan fingerprint density at radius 1 is 1.16 bits per heavy atom. The normalized spacial score (nSPS) is 14.8. The largest absolute Gasteiger partial charge is 0.378 e. The van der Waals surface area contributed by atoms with E-state index in [0.717, 1.165) is 50.8 Å². The molecule has 0 amide bonds. The van der Waals surface area contributed by atoms with Crippen LogP contribution in [0.3, 0.4) is 0 Å². The average molecular weight is 338 g/mol. The van der Waals surface area contributed by atoms with Crippen LogP contribution in [0, 0.1) is 0 Å². The number of nitrogens with zero attached hydrogens (tertiary/aromatic N) is 5. The molecular formula is C18H22N6O. The Morgan fingerprint density at radius 2 is 1.96 bits per heavy atom. The molecule has 25 heavy (non-hydrogen) atoms. The summed E-state index contributed by atoms with van der Waals surface area (Å²) in [5.74, 6) is 1.54. The van der Waals surface area contributed by atoms with Crippen molar-refractivity contribution in [3.63, 3.8) is 0 Å². The monoisotopic (exact) mass is 338 g/mol. The van der Waals surface area contributed by atoms with Crippen molar-refractivity contribution in [2.75, 3.05) is 36.5 Å². The molecule has 0 aliphatic carbocycles. The Balaban J connectivity index is 1.47. The summed E-state index contributed by atoms with van der Waals surface area (Å²) < 4.78 is 7.15. The zero-order valence-corrected chi connectivity index (χ0v) is 14.4. The van der Waals surface area contributed by atoms with E-state index in [9.17, 15) is 0 Å². The second kappa shape index (κ2) is 7.06. The molecule has 4 rings (SSSR count). The number of aromatic nitrogens is 4. The smallest absolute Gasteiger partial charge is 0.254 e. The topological polar surface area (TPSA) is 67.6 Å². The van der Waals surface area contributed by atoms with Crippen molar-refractivity contribution in [3.8, 4) is 0 Å². The standard InChI is InChI=1S/C18H22N6O/c1-2-15-11-17(24-18(22-15)20-13-21-24)19-12-14-3-5-16(6-4-14)23-7-9-25-10-8-23/h3-6,11,13,19H,2,7-10,12H2,1H3. The molecule has 130 valence electrons. The van der Waals surface area contributed by atoms with Crippen LogP contribution in [0.2, 0.25) is 0 Å². The van der Waals surface area contributed by atoms with Crippen LogP contribution in [0.1, 0.15) is 18.2 Å². The number of nitrogens with one attached hydrogen (secondary N) is 1. The number of anilines is 2. The van der Waals surface area contributed by atoms with Crippen molar-refractivity contribution in [1.82, 2.24) is 19.6 Å². The lowest BCUT2D eigenvalue weighted by molar-refractivity contribution is 0.122. The Morgan fingerprint density at radius 3 is 2.72 bits per heavy atom. The maximum Gasteiger partial charge on any atom is 0.254 e. The second-order valence-corrected chi connectivity index (χ2v) is 6.08. The van der Waals surface area contributed by atoms with Gasteiger partial charge in [0.25, 0.3) is 5.78 Å². The van der Waals surface area contributed by atoms with Crippen LogP contribution in [0.5, 0.6) is 0 Å². The van der Waals surface area contributed by atoms with Crippen LogP contribution in [-0.4, -0.2) is 45.9 Å². The van der Waals surface area contributed by atoms with Crippen LogP contribution >= 0.6 is 0 Å². The van der Waals surface area contributed by atoms with E-state index in [-0.39, 0.29) is 0 Å². The molecule has 7 heteroatoms. The van der Waals surface area contributed by atoms with Crippen molar-refractivity contribution in [1.29, 1.82) is 0 Å². The molecule has 0 atom stereocenters. The Kier molecular flexibility index (Phi) is 4.47. The SMILES string of the molecule is CCc1cc(NCc2ccc(N3CCOCC3)cc2)n2ncnc2n1. The number of ether oxygens (including phenoxy) is 1. The number of benzene rings is 1. The summed E-state index contributed by atoms with van der Waals surface area (Å²) >= 11 is 0. The summed E-state index contributed by atoms with van der Waals surface area (Å²) in [6.07, 6.45) is 2.40. The van der Waals surface area contributed by atoms with Crippen LogP contribution in [0.15, 0.2) is 36.7 Å². The van der Waals surface area contributed by atoms with Crippen molar-refractivity contribution >= 4 is 17.3 Å². The van der Waals surface area contributed by atoms with E-state index in [4.69, 9.17) is 4.74 Å². The minimum Gasteiger partial charge on any atom is -0.378 e. The summed E-state index contributed by atoms with van der Waals surface area (Å²) in [4.78, 5) is 11.0. The van der Waals surface area contributed by atoms with Gasteiger partial charge in [-0.2, -0.15) is 14.6 Å². The summed E-state index contributed by atoms with van der Waals surface area (Å²) in [5, 5.41) is 7.69. The third kappa shape index (κ3) is 3.41. The quantitative estimate of drug-likeness (QED) is 0.769. The van der Waals surface area contributed by atoms with Gasteiger partial charge in [-0.15, -0.1) is 0 Å². The minimum atomic E-state index is 0.629. The molecule has 1 aromatic carbocycles. The van der Waals surface area contributed by atoms with Gasteiger partial charge >= 0.3 is 0 Å². The number of aryl methyl sites for hydroxylation is 1. The number of morpholine rings is 1. The molecule has 1 N–H and O–H groups in total. The van der Waals surface area contributed by atoms with E-state index in [1.54, 1.807) is 4.52 Å². The molecule has 2 aromatic heterocycles. The van der Waals surface area contributed by atoms with Gasteiger partial charge in [0, 0.05) is 37.1 Å². The molecule has 1 saturated heterocycles. The molecule has 1 fully saturated rings. The highest BCUT2D eigenvalue weighted by Gasteiger charge is 2.11. The molecule has 1 aliphatic rings. The second-order valence-electron chi connectivity index (χ2n) is 6.08. The molecule has 0 spiro atoms. The van der Waals surface area contributed by atoms with Crippen LogP contribution < -0.4 is 10.2 Å². The first-order valence-corrected chi connectivity index (χ1v) is 8.68.